The van der Waals surface area contributed by atoms with Crippen LogP contribution in [-0.2, 0) is 22.6 Å². The quantitative estimate of drug-likeness (QED) is 0.602. The third-order valence-corrected chi connectivity index (χ3v) is 8.60. The molecule has 3 aliphatic heterocycles. The van der Waals surface area contributed by atoms with Crippen LogP contribution in [-0.4, -0.2) is 76.2 Å². The number of carbonyl (C=O) groups is 3. The van der Waals surface area contributed by atoms with E-state index in [1.54, 1.807) is 23.1 Å². The molecular formula is C28H33Cl2N5O3. The molecule has 5 rings (SSSR count). The topological polar surface area (TPSA) is 99.8 Å². The molecule has 0 aliphatic carbocycles. The minimum atomic E-state index is -0.239. The Hall–Kier alpha value is -2.68. The van der Waals surface area contributed by atoms with Crippen LogP contribution < -0.4 is 5.73 Å². The number of carbonyl (C=O) groups excluding carboxylic acids is 3. The molecule has 0 atom stereocenters. The van der Waals surface area contributed by atoms with Crippen LogP contribution in [0.25, 0.3) is 11.1 Å². The van der Waals surface area contributed by atoms with Gasteiger partial charge >= 0.3 is 0 Å². The summed E-state index contributed by atoms with van der Waals surface area (Å²) in [4.78, 5) is 49.6. The predicted octanol–water partition coefficient (Wildman–Crippen LogP) is 3.82. The zero-order valence-corrected chi connectivity index (χ0v) is 23.2. The Balaban J connectivity index is 1.34. The maximum atomic E-state index is 13.8. The molecule has 0 bridgehead atoms. The van der Waals surface area contributed by atoms with Crippen LogP contribution in [0.15, 0.2) is 18.2 Å². The summed E-state index contributed by atoms with van der Waals surface area (Å²) in [6.07, 6.45) is 4.73. The van der Waals surface area contributed by atoms with Crippen LogP contribution in [0.5, 0.6) is 0 Å². The second-order valence-corrected chi connectivity index (χ2v) is 11.2. The van der Waals surface area contributed by atoms with Gasteiger partial charge in [0.05, 0.1) is 11.3 Å². The molecule has 2 aromatic rings. The molecule has 2 saturated heterocycles. The lowest BCUT2D eigenvalue weighted by Gasteiger charge is -2.40. The summed E-state index contributed by atoms with van der Waals surface area (Å²) in [5.41, 5.74) is 10.1. The van der Waals surface area contributed by atoms with Crippen molar-refractivity contribution in [2.24, 2.45) is 5.73 Å². The number of hydrogen-bond acceptors (Lipinski definition) is 5. The van der Waals surface area contributed by atoms with E-state index in [4.69, 9.17) is 33.9 Å². The van der Waals surface area contributed by atoms with Gasteiger partial charge in [-0.3, -0.25) is 19.4 Å². The first kappa shape index (κ1) is 26.9. The van der Waals surface area contributed by atoms with Crippen LogP contribution >= 0.6 is 23.2 Å². The van der Waals surface area contributed by atoms with E-state index in [1.165, 1.54) is 0 Å². The van der Waals surface area contributed by atoms with Gasteiger partial charge in [0.2, 0.25) is 11.8 Å². The number of amides is 3. The van der Waals surface area contributed by atoms with Crippen molar-refractivity contribution in [2.45, 2.75) is 58.0 Å². The molecule has 3 aliphatic rings. The Kier molecular flexibility index (Phi) is 7.93. The fraction of sp³-hybridized carbons (Fsp3) is 0.500. The molecule has 0 radical (unpaired) electrons. The van der Waals surface area contributed by atoms with Crippen molar-refractivity contribution in [2.75, 3.05) is 32.7 Å². The molecule has 8 nitrogen and oxygen atoms in total. The molecule has 2 fully saturated rings. The number of halogens is 2. The van der Waals surface area contributed by atoms with Crippen molar-refractivity contribution in [1.29, 1.82) is 0 Å². The lowest BCUT2D eigenvalue weighted by Crippen LogP contribution is -2.52. The van der Waals surface area contributed by atoms with Crippen molar-refractivity contribution < 1.29 is 14.4 Å². The molecule has 38 heavy (non-hydrogen) atoms. The molecule has 10 heteroatoms. The average molecular weight is 559 g/mol. The molecule has 0 saturated carbocycles. The maximum Gasteiger partial charge on any atom is 0.256 e. The Morgan fingerprint density at radius 2 is 1.82 bits per heavy atom. The molecule has 202 valence electrons. The normalized spacial score (nSPS) is 18.7. The van der Waals surface area contributed by atoms with Gasteiger partial charge in [0.1, 0.15) is 6.54 Å². The molecule has 4 heterocycles. The van der Waals surface area contributed by atoms with Crippen LogP contribution in [0.3, 0.4) is 0 Å². The zero-order chi connectivity index (χ0) is 27.0. The molecular weight excluding hydrogens is 525 g/mol. The number of benzene rings is 1. The Morgan fingerprint density at radius 3 is 2.50 bits per heavy atom. The first-order chi connectivity index (χ1) is 18.3. The van der Waals surface area contributed by atoms with E-state index in [9.17, 15) is 14.4 Å². The number of piperidine rings is 2. The summed E-state index contributed by atoms with van der Waals surface area (Å²) in [6.45, 7) is 4.50. The van der Waals surface area contributed by atoms with Gasteiger partial charge < -0.3 is 20.4 Å². The lowest BCUT2D eigenvalue weighted by atomic mass is 9.89. The number of pyridine rings is 1. The Morgan fingerprint density at radius 1 is 1.05 bits per heavy atom. The van der Waals surface area contributed by atoms with E-state index in [0.29, 0.717) is 64.9 Å². The number of nitrogens with two attached hydrogens (primary N) is 1. The van der Waals surface area contributed by atoms with Gasteiger partial charge in [-0.05, 0) is 50.3 Å². The maximum absolute atomic E-state index is 13.8. The average Bonchev–Trinajstić information content (AvgIpc) is 2.90. The van der Waals surface area contributed by atoms with E-state index in [-0.39, 0.29) is 36.9 Å². The van der Waals surface area contributed by atoms with Crippen molar-refractivity contribution in [1.82, 2.24) is 19.7 Å². The summed E-state index contributed by atoms with van der Waals surface area (Å²) in [5.74, 6) is -0.0806. The molecule has 0 spiro atoms. The van der Waals surface area contributed by atoms with Crippen molar-refractivity contribution in [3.05, 3.63) is 50.8 Å². The molecule has 1 aromatic heterocycles. The number of aromatic nitrogens is 1. The summed E-state index contributed by atoms with van der Waals surface area (Å²) >= 11 is 12.7. The van der Waals surface area contributed by atoms with Gasteiger partial charge in [0, 0.05) is 78.5 Å². The Labute approximate surface area is 233 Å². The molecule has 3 amide bonds. The van der Waals surface area contributed by atoms with Crippen LogP contribution in [0, 0.1) is 6.92 Å². The van der Waals surface area contributed by atoms with Gasteiger partial charge in [0.15, 0.2) is 0 Å². The highest BCUT2D eigenvalue weighted by Crippen LogP contribution is 2.38. The largest absolute Gasteiger partial charge is 0.341 e. The number of nitrogens with zero attached hydrogens (tertiary/aromatic N) is 4. The van der Waals surface area contributed by atoms with E-state index in [0.717, 1.165) is 43.5 Å². The fourth-order valence-corrected chi connectivity index (χ4v) is 6.51. The summed E-state index contributed by atoms with van der Waals surface area (Å²) in [7, 11) is 0. The summed E-state index contributed by atoms with van der Waals surface area (Å²) < 4.78 is 0. The van der Waals surface area contributed by atoms with Crippen molar-refractivity contribution in [3.63, 3.8) is 0 Å². The number of likely N-dealkylation sites (tertiary alicyclic amines) is 2. The number of aryl methyl sites for hydroxylation is 1. The first-order valence-electron chi connectivity index (χ1n) is 13.3. The standard InChI is InChI=1S/C28H33Cl2N5O3/c1-17-21(15-31)26(20-6-5-18(29)14-22(20)30)27-23(32-17)9-13-34(28(27)38)16-25(37)33-11-7-19(8-12-33)35-10-3-2-4-24(35)36/h5-6,14,19H,2-4,7-13,15-16,31H2,1H3. The van der Waals surface area contributed by atoms with Crippen molar-refractivity contribution >= 4 is 40.9 Å². The molecule has 2 N–H and O–H groups in total. The monoisotopic (exact) mass is 557 g/mol. The van der Waals surface area contributed by atoms with Crippen molar-refractivity contribution in [3.8, 4) is 11.1 Å². The summed E-state index contributed by atoms with van der Waals surface area (Å²) in [5, 5.41) is 0.927. The number of fused-ring (bicyclic) bond motifs is 1. The van der Waals surface area contributed by atoms with E-state index < -0.39 is 0 Å². The van der Waals surface area contributed by atoms with Gasteiger partial charge in [-0.15, -0.1) is 0 Å². The van der Waals surface area contributed by atoms with Crippen LogP contribution in [0.4, 0.5) is 0 Å². The third-order valence-electron chi connectivity index (χ3n) is 8.05. The SMILES string of the molecule is Cc1nc2c(c(-c3ccc(Cl)cc3Cl)c1CN)C(=O)N(CC(=O)N1CCC(N3CCCCC3=O)CC1)CC2. The molecule has 0 unspecified atom stereocenters. The highest BCUT2D eigenvalue weighted by atomic mass is 35.5. The number of hydrogen-bond donors (Lipinski definition) is 1. The zero-order valence-electron chi connectivity index (χ0n) is 21.6. The van der Waals surface area contributed by atoms with Gasteiger partial charge in [0.25, 0.3) is 5.91 Å². The third kappa shape index (κ3) is 5.14. The van der Waals surface area contributed by atoms with E-state index >= 15 is 0 Å². The van der Waals surface area contributed by atoms with Gasteiger partial charge in [-0.2, -0.15) is 0 Å². The number of rotatable bonds is 5. The fourth-order valence-electron chi connectivity index (χ4n) is 6.01. The minimum absolute atomic E-state index is 0.00517. The second-order valence-electron chi connectivity index (χ2n) is 10.3. The first-order valence-corrected chi connectivity index (χ1v) is 14.1. The molecule has 1 aromatic carbocycles. The van der Waals surface area contributed by atoms with E-state index in [1.807, 2.05) is 16.7 Å². The lowest BCUT2D eigenvalue weighted by molar-refractivity contribution is -0.138. The van der Waals surface area contributed by atoms with Crippen LogP contribution in [0.2, 0.25) is 10.0 Å². The van der Waals surface area contributed by atoms with Gasteiger partial charge in [-0.1, -0.05) is 29.3 Å². The van der Waals surface area contributed by atoms with Gasteiger partial charge in [-0.25, -0.2) is 0 Å². The highest BCUT2D eigenvalue weighted by molar-refractivity contribution is 6.36. The minimum Gasteiger partial charge on any atom is -0.341 e. The smallest absolute Gasteiger partial charge is 0.256 e. The predicted molar refractivity (Wildman–Crippen MR) is 147 cm³/mol. The van der Waals surface area contributed by atoms with E-state index in [2.05, 4.69) is 0 Å². The highest BCUT2D eigenvalue weighted by Gasteiger charge is 2.35. The Bertz CT molecular complexity index is 1280. The summed E-state index contributed by atoms with van der Waals surface area (Å²) in [6, 6.07) is 5.39. The van der Waals surface area contributed by atoms with Crippen LogP contribution in [0.1, 0.15) is 59.4 Å². The second kappa shape index (κ2) is 11.2.